The minimum absolute atomic E-state index is 0.00293. The molecule has 7 heteroatoms. The summed E-state index contributed by atoms with van der Waals surface area (Å²) in [6.07, 6.45) is -2.42. The highest BCUT2D eigenvalue weighted by Crippen LogP contribution is 2.41. The molecule has 0 aromatic carbocycles. The van der Waals surface area contributed by atoms with E-state index in [-0.39, 0.29) is 6.54 Å². The molecule has 4 atom stereocenters. The van der Waals surface area contributed by atoms with Crippen LogP contribution in [0.3, 0.4) is 0 Å². The van der Waals surface area contributed by atoms with E-state index < -0.39 is 35.8 Å². The van der Waals surface area contributed by atoms with Crippen molar-refractivity contribution < 1.29 is 24.1 Å². The first-order chi connectivity index (χ1) is 7.31. The Morgan fingerprint density at radius 1 is 1.44 bits per heavy atom. The summed E-state index contributed by atoms with van der Waals surface area (Å²) < 4.78 is 16.2. The smallest absolute Gasteiger partial charge is 0.329 e. The van der Waals surface area contributed by atoms with Gasteiger partial charge in [0, 0.05) is 6.54 Å². The van der Waals surface area contributed by atoms with E-state index in [0.29, 0.717) is 0 Å². The normalized spacial score (nSPS) is 45.6. The number of ether oxygens (including phenoxy) is 3. The number of carboxylic acid groups (broad SMARTS) is 1. The molecule has 0 aliphatic carbocycles. The zero-order valence-corrected chi connectivity index (χ0v) is 9.17. The summed E-state index contributed by atoms with van der Waals surface area (Å²) in [6, 6.07) is 0. The fourth-order valence-corrected chi connectivity index (χ4v) is 2.12. The SMILES string of the molecule is CC1(C)O[C@H]2O[C@H](CN)[C@](N)(C(=O)O)[C@H]2O1. The lowest BCUT2D eigenvalue weighted by Gasteiger charge is -2.30. The zero-order chi connectivity index (χ0) is 12.1. The van der Waals surface area contributed by atoms with E-state index in [9.17, 15) is 9.90 Å². The highest BCUT2D eigenvalue weighted by Gasteiger charge is 2.65. The summed E-state index contributed by atoms with van der Waals surface area (Å²) in [5, 5.41) is 9.20. The minimum atomic E-state index is -1.66. The number of aliphatic carboxylic acids is 1. The standard InChI is InChI=1S/C9H16N2O5/c1-8(2)15-5-6(16-8)14-4(3-10)9(5,11)7(12)13/h4-6H,3,10-11H2,1-2H3,(H,12,13)/t4-,5+,6-,9-/m1/s1. The van der Waals surface area contributed by atoms with Gasteiger partial charge in [0.2, 0.25) is 0 Å². The predicted molar refractivity (Wildman–Crippen MR) is 52.3 cm³/mol. The summed E-state index contributed by atoms with van der Waals surface area (Å²) >= 11 is 0. The van der Waals surface area contributed by atoms with Crippen LogP contribution >= 0.6 is 0 Å². The third-order valence-corrected chi connectivity index (χ3v) is 2.94. The second-order valence-corrected chi connectivity index (χ2v) is 4.52. The second kappa shape index (κ2) is 3.38. The number of carbonyl (C=O) groups is 1. The average Bonchev–Trinajstić information content (AvgIpc) is 2.59. The molecule has 2 saturated heterocycles. The van der Waals surface area contributed by atoms with Crippen molar-refractivity contribution in [2.24, 2.45) is 11.5 Å². The van der Waals surface area contributed by atoms with Crippen LogP contribution in [-0.2, 0) is 19.0 Å². The minimum Gasteiger partial charge on any atom is -0.480 e. The predicted octanol–water partition coefficient (Wildman–Crippen LogP) is -1.40. The Hall–Kier alpha value is -0.730. The van der Waals surface area contributed by atoms with Crippen LogP contribution in [0.4, 0.5) is 0 Å². The number of rotatable bonds is 2. The van der Waals surface area contributed by atoms with Gasteiger partial charge in [-0.2, -0.15) is 0 Å². The molecular weight excluding hydrogens is 216 g/mol. The van der Waals surface area contributed by atoms with E-state index in [0.717, 1.165) is 0 Å². The molecule has 0 radical (unpaired) electrons. The molecule has 92 valence electrons. The third kappa shape index (κ3) is 1.44. The Morgan fingerprint density at radius 3 is 2.56 bits per heavy atom. The van der Waals surface area contributed by atoms with Gasteiger partial charge in [-0.05, 0) is 13.8 Å². The van der Waals surface area contributed by atoms with Crippen LogP contribution in [0.2, 0.25) is 0 Å². The average molecular weight is 232 g/mol. The second-order valence-electron chi connectivity index (χ2n) is 4.52. The molecule has 2 rings (SSSR count). The van der Waals surface area contributed by atoms with E-state index in [1.54, 1.807) is 13.8 Å². The topological polar surface area (TPSA) is 117 Å². The Kier molecular flexibility index (Phi) is 2.48. The monoisotopic (exact) mass is 232 g/mol. The van der Waals surface area contributed by atoms with Gasteiger partial charge in [-0.3, -0.25) is 4.79 Å². The van der Waals surface area contributed by atoms with E-state index in [4.69, 9.17) is 25.7 Å². The molecule has 5 N–H and O–H groups in total. The quantitative estimate of drug-likeness (QED) is 0.536. The Labute approximate surface area is 92.6 Å². The van der Waals surface area contributed by atoms with Gasteiger partial charge >= 0.3 is 5.97 Å². The lowest BCUT2D eigenvalue weighted by molar-refractivity contribution is -0.212. The number of fused-ring (bicyclic) bond motifs is 1. The van der Waals surface area contributed by atoms with Gasteiger partial charge in [0.15, 0.2) is 17.6 Å². The van der Waals surface area contributed by atoms with Crippen molar-refractivity contribution >= 4 is 5.97 Å². The Morgan fingerprint density at radius 2 is 2.06 bits per heavy atom. The van der Waals surface area contributed by atoms with Gasteiger partial charge in [-0.1, -0.05) is 0 Å². The van der Waals surface area contributed by atoms with Crippen molar-refractivity contribution in [1.82, 2.24) is 0 Å². The molecule has 0 unspecified atom stereocenters. The molecule has 0 bridgehead atoms. The zero-order valence-electron chi connectivity index (χ0n) is 9.17. The van der Waals surface area contributed by atoms with Gasteiger partial charge in [-0.15, -0.1) is 0 Å². The number of nitrogens with two attached hydrogens (primary N) is 2. The van der Waals surface area contributed by atoms with E-state index in [1.165, 1.54) is 0 Å². The summed E-state index contributed by atoms with van der Waals surface area (Å²) in [5.41, 5.74) is 9.63. The van der Waals surface area contributed by atoms with Crippen molar-refractivity contribution in [3.05, 3.63) is 0 Å². The first-order valence-electron chi connectivity index (χ1n) is 5.04. The van der Waals surface area contributed by atoms with Crippen LogP contribution in [0, 0.1) is 0 Å². The lowest BCUT2D eigenvalue weighted by Crippen LogP contribution is -2.64. The van der Waals surface area contributed by atoms with Crippen LogP contribution in [0.1, 0.15) is 13.8 Å². The highest BCUT2D eigenvalue weighted by atomic mass is 16.8. The molecule has 2 fully saturated rings. The maximum atomic E-state index is 11.3. The number of hydrogen-bond acceptors (Lipinski definition) is 6. The molecule has 2 aliphatic heterocycles. The molecule has 0 aromatic rings. The first-order valence-corrected chi connectivity index (χ1v) is 5.04. The summed E-state index contributed by atoms with van der Waals surface area (Å²) in [6.45, 7) is 3.35. The van der Waals surface area contributed by atoms with Gasteiger partial charge in [0.05, 0.1) is 0 Å². The molecule has 16 heavy (non-hydrogen) atoms. The molecule has 0 aromatic heterocycles. The fraction of sp³-hybridized carbons (Fsp3) is 0.889. The number of carboxylic acids is 1. The maximum absolute atomic E-state index is 11.3. The molecular formula is C9H16N2O5. The molecule has 7 nitrogen and oxygen atoms in total. The van der Waals surface area contributed by atoms with Gasteiger partial charge < -0.3 is 30.8 Å². The summed E-state index contributed by atoms with van der Waals surface area (Å²) in [7, 11) is 0. The van der Waals surface area contributed by atoms with Gasteiger partial charge in [-0.25, -0.2) is 0 Å². The maximum Gasteiger partial charge on any atom is 0.329 e. The van der Waals surface area contributed by atoms with Crippen molar-refractivity contribution in [1.29, 1.82) is 0 Å². The van der Waals surface area contributed by atoms with E-state index in [2.05, 4.69) is 0 Å². The fourth-order valence-electron chi connectivity index (χ4n) is 2.12. The van der Waals surface area contributed by atoms with Crippen LogP contribution in [0.25, 0.3) is 0 Å². The first kappa shape index (κ1) is 11.7. The largest absolute Gasteiger partial charge is 0.480 e. The van der Waals surface area contributed by atoms with E-state index >= 15 is 0 Å². The summed E-state index contributed by atoms with van der Waals surface area (Å²) in [5.74, 6) is -2.09. The van der Waals surface area contributed by atoms with Gasteiger partial charge in [0.25, 0.3) is 0 Å². The van der Waals surface area contributed by atoms with Crippen LogP contribution in [0.15, 0.2) is 0 Å². The third-order valence-electron chi connectivity index (χ3n) is 2.94. The van der Waals surface area contributed by atoms with Gasteiger partial charge in [0.1, 0.15) is 12.2 Å². The van der Waals surface area contributed by atoms with Crippen LogP contribution in [0.5, 0.6) is 0 Å². The molecule has 2 heterocycles. The lowest BCUT2D eigenvalue weighted by atomic mass is 9.89. The van der Waals surface area contributed by atoms with Crippen LogP contribution < -0.4 is 11.5 Å². The van der Waals surface area contributed by atoms with Crippen molar-refractivity contribution in [3.63, 3.8) is 0 Å². The molecule has 0 spiro atoms. The summed E-state index contributed by atoms with van der Waals surface area (Å²) in [4.78, 5) is 11.3. The van der Waals surface area contributed by atoms with E-state index in [1.807, 2.05) is 0 Å². The number of hydrogen-bond donors (Lipinski definition) is 3. The van der Waals surface area contributed by atoms with Crippen molar-refractivity contribution in [2.75, 3.05) is 6.54 Å². The Balaban J connectivity index is 2.31. The van der Waals surface area contributed by atoms with Crippen molar-refractivity contribution in [3.8, 4) is 0 Å². The Bertz CT molecular complexity index is 321. The molecule has 0 amide bonds. The van der Waals surface area contributed by atoms with Crippen molar-refractivity contribution in [2.45, 2.75) is 43.7 Å². The van der Waals surface area contributed by atoms with Crippen LogP contribution in [-0.4, -0.2) is 47.4 Å². The molecule has 2 aliphatic rings. The highest BCUT2D eigenvalue weighted by molar-refractivity contribution is 5.81. The molecule has 0 saturated carbocycles.